The van der Waals surface area contributed by atoms with E-state index < -0.39 is 0 Å². The van der Waals surface area contributed by atoms with Crippen LogP contribution in [0, 0.1) is 18.3 Å². The molecular weight excluding hydrogens is 284 g/mol. The molecule has 0 spiro atoms. The number of nitrogens with one attached hydrogen (secondary N) is 1. The highest BCUT2D eigenvalue weighted by Gasteiger charge is 2.22. The van der Waals surface area contributed by atoms with Crippen molar-refractivity contribution in [2.45, 2.75) is 39.0 Å². The fourth-order valence-electron chi connectivity index (χ4n) is 2.74. The van der Waals surface area contributed by atoms with Crippen molar-refractivity contribution in [3.8, 4) is 6.07 Å². The molecule has 0 aliphatic heterocycles. The molecule has 3 rings (SSSR count). The lowest BCUT2D eigenvalue weighted by Crippen LogP contribution is -2.12. The van der Waals surface area contributed by atoms with Crippen molar-refractivity contribution < 1.29 is 9.21 Å². The molecule has 5 heteroatoms. The Morgan fingerprint density at radius 2 is 2.19 bits per heavy atom. The van der Waals surface area contributed by atoms with Crippen LogP contribution in [-0.4, -0.2) is 5.91 Å². The first kappa shape index (κ1) is 13.9. The Kier molecular flexibility index (Phi) is 3.80. The molecular formula is C16H16N2O2S. The maximum atomic E-state index is 12.3. The largest absolute Gasteiger partial charge is 0.469 e. The number of nitrogens with zero attached hydrogens (tertiary/aromatic N) is 1. The molecule has 1 amide bonds. The summed E-state index contributed by atoms with van der Waals surface area (Å²) in [4.78, 5) is 13.5. The van der Waals surface area contributed by atoms with Gasteiger partial charge in [0.25, 0.3) is 5.91 Å². The molecule has 108 valence electrons. The average molecular weight is 300 g/mol. The second-order valence-corrected chi connectivity index (χ2v) is 6.33. The van der Waals surface area contributed by atoms with Crippen LogP contribution in [0.25, 0.3) is 0 Å². The SMILES string of the molecule is Cc1occc1C(=O)Nc1sc2c(c1C#N)CCCCC2. The van der Waals surface area contributed by atoms with E-state index in [1.54, 1.807) is 24.3 Å². The number of rotatable bonds is 2. The number of fused-ring (bicyclic) bond motifs is 1. The highest BCUT2D eigenvalue weighted by molar-refractivity contribution is 7.16. The maximum absolute atomic E-state index is 12.3. The number of furan rings is 1. The molecule has 2 aromatic rings. The van der Waals surface area contributed by atoms with Gasteiger partial charge in [-0.05, 0) is 44.2 Å². The van der Waals surface area contributed by atoms with Gasteiger partial charge in [-0.3, -0.25) is 4.79 Å². The number of nitriles is 1. The summed E-state index contributed by atoms with van der Waals surface area (Å²) in [5.74, 6) is 0.373. The number of hydrogen-bond donors (Lipinski definition) is 1. The molecule has 0 atom stereocenters. The lowest BCUT2D eigenvalue weighted by Gasteiger charge is -2.03. The molecule has 0 saturated carbocycles. The van der Waals surface area contributed by atoms with Crippen molar-refractivity contribution in [2.24, 2.45) is 0 Å². The minimum Gasteiger partial charge on any atom is -0.469 e. The van der Waals surface area contributed by atoms with Gasteiger partial charge < -0.3 is 9.73 Å². The first-order chi connectivity index (χ1) is 10.2. The van der Waals surface area contributed by atoms with E-state index in [9.17, 15) is 10.1 Å². The van der Waals surface area contributed by atoms with E-state index in [1.807, 2.05) is 0 Å². The number of anilines is 1. The molecule has 0 radical (unpaired) electrons. The first-order valence-corrected chi connectivity index (χ1v) is 7.92. The lowest BCUT2D eigenvalue weighted by atomic mass is 10.1. The molecule has 0 fully saturated rings. The van der Waals surface area contributed by atoms with Crippen LogP contribution in [0.2, 0.25) is 0 Å². The topological polar surface area (TPSA) is 66.0 Å². The summed E-state index contributed by atoms with van der Waals surface area (Å²) in [7, 11) is 0. The molecule has 1 aliphatic carbocycles. The number of thiophene rings is 1. The Morgan fingerprint density at radius 1 is 1.38 bits per heavy atom. The summed E-state index contributed by atoms with van der Waals surface area (Å²) in [6.45, 7) is 1.75. The van der Waals surface area contributed by atoms with Crippen LogP contribution in [0.15, 0.2) is 16.7 Å². The summed E-state index contributed by atoms with van der Waals surface area (Å²) < 4.78 is 5.16. The second kappa shape index (κ2) is 5.74. The lowest BCUT2D eigenvalue weighted by molar-refractivity contribution is 0.102. The average Bonchev–Trinajstić information content (AvgIpc) is 2.95. The summed E-state index contributed by atoms with van der Waals surface area (Å²) in [6, 6.07) is 3.92. The van der Waals surface area contributed by atoms with E-state index in [1.165, 1.54) is 17.6 Å². The van der Waals surface area contributed by atoms with Gasteiger partial charge in [0.1, 0.15) is 16.8 Å². The van der Waals surface area contributed by atoms with Gasteiger partial charge in [-0.15, -0.1) is 11.3 Å². The van der Waals surface area contributed by atoms with Gasteiger partial charge in [0, 0.05) is 4.88 Å². The Labute approximate surface area is 127 Å². The van der Waals surface area contributed by atoms with Gasteiger partial charge in [-0.2, -0.15) is 5.26 Å². The van der Waals surface area contributed by atoms with Crippen molar-refractivity contribution in [3.63, 3.8) is 0 Å². The molecule has 21 heavy (non-hydrogen) atoms. The number of carbonyl (C=O) groups excluding carboxylic acids is 1. The van der Waals surface area contributed by atoms with Crippen molar-refractivity contribution >= 4 is 22.2 Å². The quantitative estimate of drug-likeness (QED) is 0.851. The molecule has 0 unspecified atom stereocenters. The molecule has 1 aliphatic rings. The van der Waals surface area contributed by atoms with Crippen molar-refractivity contribution in [1.82, 2.24) is 0 Å². The summed E-state index contributed by atoms with van der Waals surface area (Å²) in [5.41, 5.74) is 2.30. The first-order valence-electron chi connectivity index (χ1n) is 7.10. The summed E-state index contributed by atoms with van der Waals surface area (Å²) in [5, 5.41) is 13.0. The van der Waals surface area contributed by atoms with Gasteiger partial charge in [0.2, 0.25) is 0 Å². The zero-order valence-electron chi connectivity index (χ0n) is 11.9. The van der Waals surface area contributed by atoms with E-state index in [0.717, 1.165) is 31.2 Å². The molecule has 0 aromatic carbocycles. The van der Waals surface area contributed by atoms with Crippen LogP contribution in [-0.2, 0) is 12.8 Å². The van der Waals surface area contributed by atoms with Crippen molar-refractivity contribution in [1.29, 1.82) is 5.26 Å². The van der Waals surface area contributed by atoms with Crippen LogP contribution in [0.3, 0.4) is 0 Å². The number of aryl methyl sites for hydroxylation is 2. The van der Waals surface area contributed by atoms with Gasteiger partial charge in [0.05, 0.1) is 17.4 Å². The summed E-state index contributed by atoms with van der Waals surface area (Å²) in [6.07, 6.45) is 6.94. The Morgan fingerprint density at radius 3 is 2.90 bits per heavy atom. The Balaban J connectivity index is 1.91. The van der Waals surface area contributed by atoms with Gasteiger partial charge >= 0.3 is 0 Å². The normalized spacial score (nSPS) is 14.1. The van der Waals surface area contributed by atoms with Crippen LogP contribution < -0.4 is 5.32 Å². The molecule has 0 bridgehead atoms. The molecule has 2 heterocycles. The predicted molar refractivity (Wildman–Crippen MR) is 81.7 cm³/mol. The van der Waals surface area contributed by atoms with E-state index in [-0.39, 0.29) is 5.91 Å². The minimum atomic E-state index is -0.214. The van der Waals surface area contributed by atoms with Crippen molar-refractivity contribution in [3.05, 3.63) is 39.7 Å². The van der Waals surface area contributed by atoms with E-state index in [0.29, 0.717) is 21.9 Å². The van der Waals surface area contributed by atoms with Crippen LogP contribution in [0.5, 0.6) is 0 Å². The Bertz CT molecular complexity index is 721. The Hall–Kier alpha value is -2.06. The van der Waals surface area contributed by atoms with E-state index in [4.69, 9.17) is 4.42 Å². The second-order valence-electron chi connectivity index (χ2n) is 5.22. The fraction of sp³-hybridized carbons (Fsp3) is 0.375. The van der Waals surface area contributed by atoms with Gasteiger partial charge in [-0.1, -0.05) is 6.42 Å². The summed E-state index contributed by atoms with van der Waals surface area (Å²) >= 11 is 1.55. The monoisotopic (exact) mass is 300 g/mol. The standard InChI is InChI=1S/C16H16N2O2S/c1-10-11(7-8-20-10)15(19)18-16-13(9-17)12-5-3-2-4-6-14(12)21-16/h7-8H,2-6H2,1H3,(H,18,19). The predicted octanol–water partition coefficient (Wildman–Crippen LogP) is 4.04. The number of carbonyl (C=O) groups is 1. The fourth-order valence-corrected chi connectivity index (χ4v) is 3.97. The number of amides is 1. The third-order valence-electron chi connectivity index (χ3n) is 3.86. The van der Waals surface area contributed by atoms with Crippen LogP contribution >= 0.6 is 11.3 Å². The van der Waals surface area contributed by atoms with E-state index >= 15 is 0 Å². The highest BCUT2D eigenvalue weighted by atomic mass is 32.1. The van der Waals surface area contributed by atoms with Crippen molar-refractivity contribution in [2.75, 3.05) is 5.32 Å². The third kappa shape index (κ3) is 2.59. The smallest absolute Gasteiger partial charge is 0.259 e. The van der Waals surface area contributed by atoms with E-state index in [2.05, 4.69) is 11.4 Å². The highest BCUT2D eigenvalue weighted by Crippen LogP contribution is 2.37. The zero-order chi connectivity index (χ0) is 14.8. The van der Waals surface area contributed by atoms with Gasteiger partial charge in [0.15, 0.2) is 0 Å². The maximum Gasteiger partial charge on any atom is 0.259 e. The number of hydrogen-bond acceptors (Lipinski definition) is 4. The minimum absolute atomic E-state index is 0.214. The van der Waals surface area contributed by atoms with Crippen LogP contribution in [0.1, 0.15) is 51.4 Å². The molecule has 2 aromatic heterocycles. The molecule has 1 N–H and O–H groups in total. The van der Waals surface area contributed by atoms with Crippen LogP contribution in [0.4, 0.5) is 5.00 Å². The molecule has 0 saturated heterocycles. The third-order valence-corrected chi connectivity index (χ3v) is 5.07. The molecule has 4 nitrogen and oxygen atoms in total. The zero-order valence-corrected chi connectivity index (χ0v) is 12.7. The van der Waals surface area contributed by atoms with Gasteiger partial charge in [-0.25, -0.2) is 0 Å².